The van der Waals surface area contributed by atoms with Gasteiger partial charge in [0.2, 0.25) is 0 Å². The molecule has 0 amide bonds. The van der Waals surface area contributed by atoms with Crippen LogP contribution in [0.2, 0.25) is 39.3 Å². The molecule has 11 heteroatoms. The van der Waals surface area contributed by atoms with Crippen molar-refractivity contribution in [1.29, 1.82) is 0 Å². The Balaban J connectivity index is 0.000000447. The Hall–Kier alpha value is -2.00. The van der Waals surface area contributed by atoms with Gasteiger partial charge in [0.15, 0.2) is 0 Å². The monoisotopic (exact) mass is 1030 g/mol. The first-order valence-electron chi connectivity index (χ1n) is 23.5. The molecule has 0 bridgehead atoms. The van der Waals surface area contributed by atoms with Gasteiger partial charge in [-0.1, -0.05) is 110 Å². The van der Waals surface area contributed by atoms with Crippen LogP contribution in [0.5, 0.6) is 0 Å². The van der Waals surface area contributed by atoms with Crippen LogP contribution in [0, 0.1) is 27.7 Å². The Labute approximate surface area is 409 Å². The zero-order chi connectivity index (χ0) is 48.6. The van der Waals surface area contributed by atoms with E-state index in [9.17, 15) is 0 Å². The average Bonchev–Trinajstić information content (AvgIpc) is 3.80. The van der Waals surface area contributed by atoms with E-state index in [-0.39, 0.29) is 0 Å². The predicted molar refractivity (Wildman–Crippen MR) is 284 cm³/mol. The van der Waals surface area contributed by atoms with Gasteiger partial charge in [0.1, 0.15) is 9.52 Å². The summed E-state index contributed by atoms with van der Waals surface area (Å²) in [4.78, 5) is 3.52. The first kappa shape index (κ1) is 59.0. The van der Waals surface area contributed by atoms with Gasteiger partial charge in [-0.3, -0.25) is 0 Å². The van der Waals surface area contributed by atoms with E-state index in [4.69, 9.17) is 9.47 Å². The van der Waals surface area contributed by atoms with Crippen LogP contribution in [0.4, 0.5) is 0 Å². The summed E-state index contributed by atoms with van der Waals surface area (Å²) in [6.07, 6.45) is 0. The van der Waals surface area contributed by atoms with Gasteiger partial charge in [0.25, 0.3) is 0 Å². The van der Waals surface area contributed by atoms with E-state index in [1.807, 2.05) is 27.7 Å². The summed E-state index contributed by atoms with van der Waals surface area (Å²) in [6.45, 7) is 53.1. The SMILES string of the molecule is CCOCC.CCOCC.C[Si](C)(C)C1=C(c2ccccc2)C(c2ccccc2)=C([Si](C)(C)C)[Si]1.Cc1c(C)[n+](C(C)C)[c]([Ge])n1C(C)C.Cc1c(C)[n+](C(C)C)[c]([Ge])n1C(C)C. The molecule has 1 aliphatic rings. The van der Waals surface area contributed by atoms with Crippen molar-refractivity contribution in [2.45, 2.75) is 174 Å². The quantitative estimate of drug-likeness (QED) is 0.105. The van der Waals surface area contributed by atoms with Crippen molar-refractivity contribution >= 4 is 79.2 Å². The van der Waals surface area contributed by atoms with Crippen LogP contribution in [-0.2, 0) is 9.47 Å². The van der Waals surface area contributed by atoms with Gasteiger partial charge in [0, 0.05) is 26.4 Å². The van der Waals surface area contributed by atoms with E-state index in [1.165, 1.54) is 43.2 Å². The number of ether oxygens (including phenoxy) is 2. The van der Waals surface area contributed by atoms with Crippen molar-refractivity contribution in [3.63, 3.8) is 0 Å². The topological polar surface area (TPSA) is 36.1 Å². The number of nitrogens with zero attached hydrogens (tertiary/aromatic N) is 4. The van der Waals surface area contributed by atoms with Gasteiger partial charge < -0.3 is 9.47 Å². The molecule has 0 fully saturated rings. The zero-order valence-corrected chi connectivity index (χ0v) is 51.2. The summed E-state index contributed by atoms with van der Waals surface area (Å²) in [7, 11) is -1.90. The molecular weight excluding hydrogens is 942 g/mol. The summed E-state index contributed by atoms with van der Waals surface area (Å²) >= 11 is 4.42. The van der Waals surface area contributed by atoms with E-state index in [0.717, 1.165) is 35.9 Å². The molecule has 1 aliphatic heterocycles. The van der Waals surface area contributed by atoms with Crippen molar-refractivity contribution in [1.82, 2.24) is 9.13 Å². The molecule has 2 aromatic carbocycles. The molecule has 3 heterocycles. The number of benzene rings is 2. The molecular formula is C52H88Ge2N4O2Si3+2. The number of rotatable bonds is 12. The normalized spacial score (nSPS) is 12.9. The maximum absolute atomic E-state index is 4.83. The van der Waals surface area contributed by atoms with Crippen LogP contribution in [0.15, 0.2) is 70.3 Å². The minimum absolute atomic E-state index is 0.550. The minimum atomic E-state index is -1.39. The molecule has 0 N–H and O–H groups in total. The fourth-order valence-corrected chi connectivity index (χ4v) is 18.7. The van der Waals surface area contributed by atoms with Crippen molar-refractivity contribution in [3.8, 4) is 0 Å². The first-order chi connectivity index (χ1) is 29.3. The van der Waals surface area contributed by atoms with Gasteiger partial charge in [-0.25, -0.2) is 0 Å². The van der Waals surface area contributed by atoms with E-state index >= 15 is 0 Å². The average molecular weight is 1030 g/mol. The zero-order valence-electron chi connectivity index (χ0n) is 44.0. The molecule has 0 aliphatic carbocycles. The van der Waals surface area contributed by atoms with Crippen LogP contribution < -0.4 is 18.4 Å². The Kier molecular flexibility index (Phi) is 25.8. The Bertz CT molecular complexity index is 1820. The van der Waals surface area contributed by atoms with Gasteiger partial charge in [-0.05, 0) is 50.0 Å². The van der Waals surface area contributed by atoms with E-state index in [1.54, 1.807) is 20.8 Å². The van der Waals surface area contributed by atoms with E-state index < -0.39 is 16.1 Å². The van der Waals surface area contributed by atoms with Crippen LogP contribution in [0.3, 0.4) is 0 Å². The summed E-state index contributed by atoms with van der Waals surface area (Å²) in [5.74, 6) is 0. The van der Waals surface area contributed by atoms with Crippen molar-refractivity contribution in [3.05, 3.63) is 104 Å². The van der Waals surface area contributed by atoms with Gasteiger partial charge in [-0.15, -0.1) is 0 Å². The Morgan fingerprint density at radius 1 is 0.508 bits per heavy atom. The van der Waals surface area contributed by atoms with Crippen LogP contribution >= 0.6 is 0 Å². The molecule has 0 atom stereocenters. The Morgan fingerprint density at radius 2 is 0.778 bits per heavy atom. The number of hydrogen-bond donors (Lipinski definition) is 0. The van der Waals surface area contributed by atoms with Crippen molar-refractivity contribution < 1.29 is 18.6 Å². The molecule has 6 nitrogen and oxygen atoms in total. The second-order valence-electron chi connectivity index (χ2n) is 19.3. The van der Waals surface area contributed by atoms with Crippen molar-refractivity contribution in [2.24, 2.45) is 0 Å². The fourth-order valence-electron chi connectivity index (χ4n) is 7.91. The molecule has 2 aromatic heterocycles. The molecule has 0 spiro atoms. The molecule has 8 radical (unpaired) electrons. The van der Waals surface area contributed by atoms with Crippen LogP contribution in [0.25, 0.3) is 11.1 Å². The summed E-state index contributed by atoms with van der Waals surface area (Å²) < 4.78 is 22.0. The molecule has 0 saturated carbocycles. The fraction of sp³-hybridized carbons (Fsp3) is 0.577. The number of allylic oxidation sites excluding steroid dienone is 2. The third-order valence-corrected chi connectivity index (χ3v) is 22.7. The number of imidazole rings is 2. The summed E-state index contributed by atoms with van der Waals surface area (Å²) in [5, 5.41) is 0. The van der Waals surface area contributed by atoms with Gasteiger partial charge in [0.05, 0.1) is 16.1 Å². The number of hydrogen-bond acceptors (Lipinski definition) is 2. The van der Waals surface area contributed by atoms with Crippen LogP contribution in [0.1, 0.15) is 141 Å². The molecule has 4 aromatic rings. The molecule has 5 rings (SSSR count). The Morgan fingerprint density at radius 3 is 0.937 bits per heavy atom. The third-order valence-electron chi connectivity index (χ3n) is 10.9. The van der Waals surface area contributed by atoms with E-state index in [0.29, 0.717) is 24.2 Å². The van der Waals surface area contributed by atoms with Crippen LogP contribution in [-0.4, -0.2) is 94.3 Å². The maximum atomic E-state index is 4.83. The second kappa shape index (κ2) is 27.6. The summed E-state index contributed by atoms with van der Waals surface area (Å²) in [5.41, 5.74) is 11.5. The second-order valence-corrected chi connectivity index (χ2v) is 33.4. The molecule has 346 valence electrons. The predicted octanol–water partition coefficient (Wildman–Crippen LogP) is 11.1. The van der Waals surface area contributed by atoms with Gasteiger partial charge in [-0.2, -0.15) is 0 Å². The van der Waals surface area contributed by atoms with Crippen molar-refractivity contribution in [2.75, 3.05) is 26.4 Å². The van der Waals surface area contributed by atoms with Gasteiger partial charge >= 0.3 is 191 Å². The van der Waals surface area contributed by atoms with E-state index in [2.05, 4.69) is 234 Å². The molecule has 63 heavy (non-hydrogen) atoms. The molecule has 0 saturated heterocycles. The standard InChI is InChI=1S/C22H28Si3.2C11H20GeN2.2C4H10O/c1-24(2,3)21-19(17-13-9-7-10-14-17)20(18-15-11-8-12-16-18)22(23-21)25(4,5)6;2*1-7(2)13-9(5)10(6)14(8(3)4)11(13)12;2*1-3-5-4-2/h7-16H,1-6H3;2*7-8H,1-6H3;2*3-4H2,1-2H3/q;2*+1;;. The first-order valence-corrected chi connectivity index (χ1v) is 33.6. The third kappa shape index (κ3) is 16.7. The number of aromatic nitrogens is 4. The molecule has 0 unspecified atom stereocenters. The summed E-state index contributed by atoms with van der Waals surface area (Å²) in [6, 6.07) is 24.4.